The molecule has 110 valence electrons. The summed E-state index contributed by atoms with van der Waals surface area (Å²) in [6, 6.07) is 8.84. The van der Waals surface area contributed by atoms with E-state index in [1.807, 2.05) is 11.9 Å². The van der Waals surface area contributed by atoms with Crippen molar-refractivity contribution in [3.8, 4) is 0 Å². The highest BCUT2D eigenvalue weighted by atomic mass is 35.5. The number of likely N-dealkylation sites (N-methyl/N-ethyl adjacent to an activating group) is 1. The first-order chi connectivity index (χ1) is 9.28. The molecule has 3 rings (SSSR count). The van der Waals surface area contributed by atoms with Gasteiger partial charge in [0.15, 0.2) is 0 Å². The van der Waals surface area contributed by atoms with E-state index >= 15 is 0 Å². The lowest BCUT2D eigenvalue weighted by Gasteiger charge is -2.34. The Bertz CT molecular complexity index is 458. The van der Waals surface area contributed by atoms with Crippen molar-refractivity contribution in [1.82, 2.24) is 10.2 Å². The maximum atomic E-state index is 12.6. The van der Waals surface area contributed by atoms with Crippen LogP contribution >= 0.6 is 24.2 Å². The number of fused-ring (bicyclic) bond motifs is 1. The third-order valence-corrected chi connectivity index (χ3v) is 5.37. The lowest BCUT2D eigenvalue weighted by Crippen LogP contribution is -2.49. The van der Waals surface area contributed by atoms with Crippen LogP contribution in [0.3, 0.4) is 0 Å². The van der Waals surface area contributed by atoms with Crippen molar-refractivity contribution in [2.24, 2.45) is 0 Å². The van der Waals surface area contributed by atoms with Gasteiger partial charge in [0.2, 0.25) is 5.91 Å². The minimum atomic E-state index is 0. The van der Waals surface area contributed by atoms with E-state index in [1.54, 1.807) is 11.8 Å². The predicted molar refractivity (Wildman–Crippen MR) is 85.7 cm³/mol. The van der Waals surface area contributed by atoms with Crippen molar-refractivity contribution in [2.45, 2.75) is 35.4 Å². The Balaban J connectivity index is 0.00000147. The zero-order valence-electron chi connectivity index (χ0n) is 11.7. The average Bonchev–Trinajstić information content (AvgIpc) is 2.90. The Labute approximate surface area is 130 Å². The molecule has 1 aromatic carbocycles. The number of piperidine rings is 1. The molecular weight excluding hydrogens is 292 g/mol. The quantitative estimate of drug-likeness (QED) is 0.910. The number of amides is 1. The Morgan fingerprint density at radius 2 is 2.20 bits per heavy atom. The summed E-state index contributed by atoms with van der Waals surface area (Å²) in [5.74, 6) is 0.321. The van der Waals surface area contributed by atoms with Crippen molar-refractivity contribution in [3.63, 3.8) is 0 Å². The molecule has 0 bridgehead atoms. The normalized spacial score (nSPS) is 24.9. The fourth-order valence-corrected chi connectivity index (χ4v) is 4.22. The third-order valence-electron chi connectivity index (χ3n) is 4.06. The number of carbonyl (C=O) groups is 1. The van der Waals surface area contributed by atoms with E-state index < -0.39 is 0 Å². The van der Waals surface area contributed by atoms with Gasteiger partial charge in [-0.3, -0.25) is 4.79 Å². The number of nitrogens with one attached hydrogen (secondary N) is 1. The molecule has 2 aliphatic rings. The molecule has 2 aliphatic heterocycles. The van der Waals surface area contributed by atoms with E-state index in [9.17, 15) is 4.79 Å². The second-order valence-corrected chi connectivity index (χ2v) is 6.57. The molecule has 0 spiro atoms. The van der Waals surface area contributed by atoms with Crippen molar-refractivity contribution < 1.29 is 4.79 Å². The Morgan fingerprint density at radius 1 is 1.40 bits per heavy atom. The first-order valence-electron chi connectivity index (χ1n) is 6.98. The molecule has 0 radical (unpaired) electrons. The summed E-state index contributed by atoms with van der Waals surface area (Å²) in [6.45, 7) is 1.78. The highest BCUT2D eigenvalue weighted by molar-refractivity contribution is 8.01. The van der Waals surface area contributed by atoms with Gasteiger partial charge in [-0.15, -0.1) is 24.2 Å². The molecule has 1 fully saturated rings. The van der Waals surface area contributed by atoms with Crippen LogP contribution in [0.1, 0.15) is 18.4 Å². The zero-order chi connectivity index (χ0) is 13.2. The monoisotopic (exact) mass is 312 g/mol. The molecule has 1 aromatic rings. The van der Waals surface area contributed by atoms with Crippen LogP contribution in [0, 0.1) is 0 Å². The first-order valence-corrected chi connectivity index (χ1v) is 7.86. The molecule has 5 heteroatoms. The number of rotatable bonds is 2. The Kier molecular flexibility index (Phi) is 5.35. The largest absolute Gasteiger partial charge is 0.340 e. The molecule has 1 N–H and O–H groups in total. The molecule has 0 saturated carbocycles. The maximum Gasteiger partial charge on any atom is 0.236 e. The fourth-order valence-electron chi connectivity index (χ4n) is 2.94. The van der Waals surface area contributed by atoms with E-state index in [-0.39, 0.29) is 17.7 Å². The van der Waals surface area contributed by atoms with Crippen LogP contribution in [0.25, 0.3) is 0 Å². The van der Waals surface area contributed by atoms with Crippen LogP contribution in [-0.2, 0) is 11.2 Å². The Hall–Kier alpha value is -0.710. The summed E-state index contributed by atoms with van der Waals surface area (Å²) in [5.41, 5.74) is 1.33. The molecule has 2 unspecified atom stereocenters. The van der Waals surface area contributed by atoms with Crippen LogP contribution in [0.5, 0.6) is 0 Å². The Morgan fingerprint density at radius 3 is 2.95 bits per heavy atom. The predicted octanol–water partition coefficient (Wildman–Crippen LogP) is 2.34. The van der Waals surface area contributed by atoms with Gasteiger partial charge >= 0.3 is 0 Å². The van der Waals surface area contributed by atoms with Crippen LogP contribution in [0.15, 0.2) is 29.2 Å². The first kappa shape index (κ1) is 15.7. The van der Waals surface area contributed by atoms with Gasteiger partial charge in [-0.1, -0.05) is 18.2 Å². The molecule has 1 amide bonds. The zero-order valence-corrected chi connectivity index (χ0v) is 13.3. The summed E-state index contributed by atoms with van der Waals surface area (Å²) in [6.07, 6.45) is 3.18. The van der Waals surface area contributed by atoms with Gasteiger partial charge < -0.3 is 10.2 Å². The number of nitrogens with zero attached hydrogens (tertiary/aromatic N) is 1. The highest BCUT2D eigenvalue weighted by Gasteiger charge is 2.33. The maximum absolute atomic E-state index is 12.6. The number of benzene rings is 1. The van der Waals surface area contributed by atoms with E-state index in [2.05, 4.69) is 29.6 Å². The summed E-state index contributed by atoms with van der Waals surface area (Å²) in [4.78, 5) is 15.9. The van der Waals surface area contributed by atoms with Gasteiger partial charge in [0.1, 0.15) is 0 Å². The van der Waals surface area contributed by atoms with Crippen LogP contribution in [0.2, 0.25) is 0 Å². The number of carbonyl (C=O) groups excluding carboxylic acids is 1. The van der Waals surface area contributed by atoms with E-state index in [1.165, 1.54) is 16.9 Å². The molecular formula is C15H21ClN2OS. The van der Waals surface area contributed by atoms with Gasteiger partial charge in [-0.25, -0.2) is 0 Å². The lowest BCUT2D eigenvalue weighted by atomic mass is 10.0. The molecule has 2 heterocycles. The van der Waals surface area contributed by atoms with Gasteiger partial charge in [-0.2, -0.15) is 0 Å². The molecule has 1 saturated heterocycles. The highest BCUT2D eigenvalue weighted by Crippen LogP contribution is 2.37. The number of hydrogen-bond acceptors (Lipinski definition) is 3. The standard InChI is InChI=1S/C15H20N2OS.ClH/c1-16-12-6-4-8-17(10-12)15(18)14-9-11-5-2-3-7-13(11)19-14;/h2-3,5,7,12,14,16H,4,6,8-10H2,1H3;1H. The van der Waals surface area contributed by atoms with Crippen LogP contribution in [-0.4, -0.2) is 42.2 Å². The van der Waals surface area contributed by atoms with Gasteiger partial charge in [0.25, 0.3) is 0 Å². The van der Waals surface area contributed by atoms with E-state index in [0.29, 0.717) is 11.9 Å². The van der Waals surface area contributed by atoms with E-state index in [4.69, 9.17) is 0 Å². The molecule has 2 atom stereocenters. The molecule has 0 aliphatic carbocycles. The minimum absolute atomic E-state index is 0. The van der Waals surface area contributed by atoms with Crippen LogP contribution < -0.4 is 5.32 Å². The third kappa shape index (κ3) is 3.13. The second-order valence-electron chi connectivity index (χ2n) is 5.33. The minimum Gasteiger partial charge on any atom is -0.340 e. The van der Waals surface area contributed by atoms with E-state index in [0.717, 1.165) is 25.9 Å². The number of thioether (sulfide) groups is 1. The van der Waals surface area contributed by atoms with Crippen molar-refractivity contribution in [2.75, 3.05) is 20.1 Å². The number of hydrogen-bond donors (Lipinski definition) is 1. The summed E-state index contributed by atoms with van der Waals surface area (Å²) < 4.78 is 0. The SMILES string of the molecule is CNC1CCCN(C(=O)C2Cc3ccccc3S2)C1.Cl. The van der Waals surface area contributed by atoms with Crippen LogP contribution in [0.4, 0.5) is 0 Å². The molecule has 0 aromatic heterocycles. The summed E-state index contributed by atoms with van der Waals surface area (Å²) in [5, 5.41) is 3.39. The molecule has 3 nitrogen and oxygen atoms in total. The molecule has 20 heavy (non-hydrogen) atoms. The van der Waals surface area contributed by atoms with Crippen molar-refractivity contribution >= 4 is 30.1 Å². The van der Waals surface area contributed by atoms with Gasteiger partial charge in [0.05, 0.1) is 5.25 Å². The summed E-state index contributed by atoms with van der Waals surface area (Å²) in [7, 11) is 1.98. The summed E-state index contributed by atoms with van der Waals surface area (Å²) >= 11 is 1.74. The van der Waals surface area contributed by atoms with Crippen molar-refractivity contribution in [1.29, 1.82) is 0 Å². The number of halogens is 1. The van der Waals surface area contributed by atoms with Gasteiger partial charge in [0, 0.05) is 24.0 Å². The fraction of sp³-hybridized carbons (Fsp3) is 0.533. The lowest BCUT2D eigenvalue weighted by molar-refractivity contribution is -0.131. The topological polar surface area (TPSA) is 32.3 Å². The van der Waals surface area contributed by atoms with Crippen molar-refractivity contribution in [3.05, 3.63) is 29.8 Å². The smallest absolute Gasteiger partial charge is 0.236 e. The second kappa shape index (κ2) is 6.83. The number of likely N-dealkylation sites (tertiary alicyclic amines) is 1. The van der Waals surface area contributed by atoms with Gasteiger partial charge in [-0.05, 0) is 37.9 Å². The average molecular weight is 313 g/mol.